The minimum atomic E-state index is -0.450. The zero-order valence-corrected chi connectivity index (χ0v) is 14.9. The summed E-state index contributed by atoms with van der Waals surface area (Å²) in [7, 11) is 0. The minimum absolute atomic E-state index is 0.0414. The number of hydrogen-bond acceptors (Lipinski definition) is 7. The molecule has 0 aromatic carbocycles. The monoisotopic (exact) mass is 369 g/mol. The number of imide groups is 1. The van der Waals surface area contributed by atoms with E-state index >= 15 is 0 Å². The van der Waals surface area contributed by atoms with Gasteiger partial charge in [-0.05, 0) is 25.7 Å². The van der Waals surface area contributed by atoms with Crippen LogP contribution < -0.4 is 15.5 Å². The fourth-order valence-corrected chi connectivity index (χ4v) is 3.80. The number of rotatable bonds is 7. The van der Waals surface area contributed by atoms with Gasteiger partial charge < -0.3 is 5.32 Å². The van der Waals surface area contributed by atoms with Gasteiger partial charge in [-0.1, -0.05) is 30.0 Å². The average Bonchev–Trinajstić information content (AvgIpc) is 3.47. The highest BCUT2D eigenvalue weighted by atomic mass is 32.2. The molecule has 2 fully saturated rings. The van der Waals surface area contributed by atoms with E-state index in [2.05, 4.69) is 20.8 Å². The van der Waals surface area contributed by atoms with Crippen molar-refractivity contribution in [2.24, 2.45) is 0 Å². The van der Waals surface area contributed by atoms with Crippen LogP contribution >= 0.6 is 23.1 Å². The van der Waals surface area contributed by atoms with E-state index in [0.717, 1.165) is 25.7 Å². The number of nitrogens with one attached hydrogen (secondary N) is 2. The summed E-state index contributed by atoms with van der Waals surface area (Å²) in [5, 5.41) is 13.7. The summed E-state index contributed by atoms with van der Waals surface area (Å²) in [5.74, 6) is -0.254. The molecule has 0 bridgehead atoms. The number of hydrogen-bond donors (Lipinski definition) is 2. The normalized spacial score (nSPS) is 16.5. The second-order valence-corrected chi connectivity index (χ2v) is 7.96. The third-order valence-corrected chi connectivity index (χ3v) is 5.63. The maximum Gasteiger partial charge on any atom is 0.321 e. The Morgan fingerprint density at radius 3 is 2.62 bits per heavy atom. The van der Waals surface area contributed by atoms with E-state index in [1.807, 2.05) is 6.92 Å². The summed E-state index contributed by atoms with van der Waals surface area (Å²) in [4.78, 5) is 37.0. The van der Waals surface area contributed by atoms with E-state index in [9.17, 15) is 14.4 Å². The van der Waals surface area contributed by atoms with Crippen molar-refractivity contribution < 1.29 is 14.4 Å². The lowest BCUT2D eigenvalue weighted by Gasteiger charge is -2.17. The van der Waals surface area contributed by atoms with Crippen LogP contribution in [0.5, 0.6) is 0 Å². The molecule has 10 heteroatoms. The lowest BCUT2D eigenvalue weighted by atomic mass is 10.4. The molecular formula is C14H19N5O3S2. The van der Waals surface area contributed by atoms with E-state index in [-0.39, 0.29) is 29.7 Å². The number of amides is 4. The van der Waals surface area contributed by atoms with Gasteiger partial charge in [-0.25, -0.2) is 4.79 Å². The zero-order valence-electron chi connectivity index (χ0n) is 13.3. The molecular weight excluding hydrogens is 350 g/mol. The van der Waals surface area contributed by atoms with Crippen molar-refractivity contribution in [3.8, 4) is 0 Å². The first-order valence-electron chi connectivity index (χ1n) is 7.95. The maximum absolute atomic E-state index is 12.0. The Bertz CT molecular complexity index is 642. The molecule has 2 aliphatic carbocycles. The van der Waals surface area contributed by atoms with Gasteiger partial charge in [0, 0.05) is 18.5 Å². The Hall–Kier alpha value is -1.68. The van der Waals surface area contributed by atoms with Crippen LogP contribution in [0.4, 0.5) is 9.93 Å². The highest BCUT2D eigenvalue weighted by Crippen LogP contribution is 2.36. The predicted octanol–water partition coefficient (Wildman–Crippen LogP) is 1.52. The van der Waals surface area contributed by atoms with Gasteiger partial charge in [0.05, 0.1) is 5.75 Å². The molecule has 0 radical (unpaired) electrons. The average molecular weight is 369 g/mol. The highest BCUT2D eigenvalue weighted by molar-refractivity contribution is 8.01. The molecule has 3 rings (SSSR count). The van der Waals surface area contributed by atoms with Crippen LogP contribution in [-0.2, 0) is 9.59 Å². The molecule has 24 heavy (non-hydrogen) atoms. The second-order valence-electron chi connectivity index (χ2n) is 5.78. The third kappa shape index (κ3) is 4.67. The summed E-state index contributed by atoms with van der Waals surface area (Å²) in [6, 6.07) is -0.00661. The number of carbonyl (C=O) groups is 3. The first-order chi connectivity index (χ1) is 11.6. The summed E-state index contributed by atoms with van der Waals surface area (Å²) in [5.41, 5.74) is 0. The summed E-state index contributed by atoms with van der Waals surface area (Å²) in [6.07, 6.45) is 4.35. The van der Waals surface area contributed by atoms with E-state index in [1.165, 1.54) is 23.1 Å². The fraction of sp³-hybridized carbons (Fsp3) is 0.643. The van der Waals surface area contributed by atoms with Gasteiger partial charge in [-0.15, -0.1) is 10.2 Å². The molecule has 1 aromatic rings. The van der Waals surface area contributed by atoms with E-state index < -0.39 is 6.03 Å². The molecule has 0 unspecified atom stereocenters. The van der Waals surface area contributed by atoms with Crippen LogP contribution in [0.25, 0.3) is 0 Å². The number of urea groups is 1. The standard InChI is InChI=1S/C14H19N5O3S2/c1-2-11(21)19(9-5-6-9)13-17-18-14(24-13)23-7-10(20)16-12(22)15-8-3-4-8/h8-9H,2-7H2,1H3,(H2,15,16,20,22). The van der Waals surface area contributed by atoms with E-state index in [0.29, 0.717) is 15.9 Å². The molecule has 130 valence electrons. The second kappa shape index (κ2) is 7.47. The van der Waals surface area contributed by atoms with Crippen molar-refractivity contribution in [3.63, 3.8) is 0 Å². The topological polar surface area (TPSA) is 104 Å². The lowest BCUT2D eigenvalue weighted by Crippen LogP contribution is -2.41. The molecule has 0 saturated heterocycles. The lowest BCUT2D eigenvalue weighted by molar-refractivity contribution is -0.118. The Morgan fingerprint density at radius 2 is 2.00 bits per heavy atom. The number of anilines is 1. The summed E-state index contributed by atoms with van der Waals surface area (Å²) < 4.78 is 0.609. The smallest absolute Gasteiger partial charge is 0.321 e. The van der Waals surface area contributed by atoms with Gasteiger partial charge in [0.15, 0.2) is 4.34 Å². The van der Waals surface area contributed by atoms with Crippen LogP contribution in [0.3, 0.4) is 0 Å². The first kappa shape index (κ1) is 17.2. The maximum atomic E-state index is 12.0. The van der Waals surface area contributed by atoms with Gasteiger partial charge in [-0.2, -0.15) is 0 Å². The van der Waals surface area contributed by atoms with Gasteiger partial charge in [-0.3, -0.25) is 19.8 Å². The van der Waals surface area contributed by atoms with E-state index in [4.69, 9.17) is 0 Å². The molecule has 0 atom stereocenters. The third-order valence-electron chi connectivity index (χ3n) is 3.58. The molecule has 1 heterocycles. The SMILES string of the molecule is CCC(=O)N(c1nnc(SCC(=O)NC(=O)NC2CC2)s1)C1CC1. The highest BCUT2D eigenvalue weighted by Gasteiger charge is 2.35. The minimum Gasteiger partial charge on any atom is -0.335 e. The van der Waals surface area contributed by atoms with Crippen molar-refractivity contribution in [2.75, 3.05) is 10.7 Å². The van der Waals surface area contributed by atoms with Crippen LogP contribution in [-0.4, -0.2) is 45.9 Å². The van der Waals surface area contributed by atoms with Crippen LogP contribution in [0, 0.1) is 0 Å². The first-order valence-corrected chi connectivity index (χ1v) is 9.75. The quantitative estimate of drug-likeness (QED) is 0.558. The van der Waals surface area contributed by atoms with E-state index in [1.54, 1.807) is 4.90 Å². The fourth-order valence-electron chi connectivity index (χ4n) is 2.07. The predicted molar refractivity (Wildman–Crippen MR) is 91.1 cm³/mol. The number of nitrogens with zero attached hydrogens (tertiary/aromatic N) is 3. The van der Waals surface area contributed by atoms with Crippen LogP contribution in [0.2, 0.25) is 0 Å². The zero-order chi connectivity index (χ0) is 17.1. The van der Waals surface area contributed by atoms with Gasteiger partial charge >= 0.3 is 6.03 Å². The number of thioether (sulfide) groups is 1. The van der Waals surface area contributed by atoms with Crippen molar-refractivity contribution in [3.05, 3.63) is 0 Å². The molecule has 2 aliphatic rings. The Morgan fingerprint density at radius 1 is 1.25 bits per heavy atom. The summed E-state index contributed by atoms with van der Waals surface area (Å²) >= 11 is 2.51. The van der Waals surface area contributed by atoms with Crippen LogP contribution in [0.1, 0.15) is 39.0 Å². The number of aromatic nitrogens is 2. The Balaban J connectivity index is 1.49. The van der Waals surface area contributed by atoms with Crippen molar-refractivity contribution in [1.29, 1.82) is 0 Å². The molecule has 0 spiro atoms. The van der Waals surface area contributed by atoms with Crippen molar-refractivity contribution >= 4 is 46.1 Å². The molecule has 2 N–H and O–H groups in total. The molecule has 1 aromatic heterocycles. The molecule has 0 aliphatic heterocycles. The van der Waals surface area contributed by atoms with Crippen LogP contribution in [0.15, 0.2) is 4.34 Å². The summed E-state index contributed by atoms with van der Waals surface area (Å²) in [6.45, 7) is 1.82. The van der Waals surface area contributed by atoms with Gasteiger partial charge in [0.2, 0.25) is 16.9 Å². The molecule has 2 saturated carbocycles. The molecule has 8 nitrogen and oxygen atoms in total. The Labute approximate surface area is 147 Å². The number of carbonyl (C=O) groups excluding carboxylic acids is 3. The molecule has 4 amide bonds. The largest absolute Gasteiger partial charge is 0.335 e. The van der Waals surface area contributed by atoms with Crippen molar-refractivity contribution in [2.45, 2.75) is 55.5 Å². The Kier molecular flexibility index (Phi) is 5.34. The van der Waals surface area contributed by atoms with Gasteiger partial charge in [0.25, 0.3) is 0 Å². The van der Waals surface area contributed by atoms with Crippen molar-refractivity contribution in [1.82, 2.24) is 20.8 Å². The van der Waals surface area contributed by atoms with Gasteiger partial charge in [0.1, 0.15) is 0 Å².